The van der Waals surface area contributed by atoms with E-state index in [1.165, 1.54) is 4.90 Å². The van der Waals surface area contributed by atoms with E-state index in [1.54, 1.807) is 24.3 Å². The van der Waals surface area contributed by atoms with E-state index in [-0.39, 0.29) is 25.1 Å². The highest BCUT2D eigenvalue weighted by atomic mass is 16.3. The smallest absolute Gasteiger partial charge is 0.325 e. The maximum absolute atomic E-state index is 12.8. The molecule has 2 N–H and O–H groups in total. The van der Waals surface area contributed by atoms with Crippen LogP contribution in [0.5, 0.6) is 0 Å². The summed E-state index contributed by atoms with van der Waals surface area (Å²) in [5.74, 6) is -0.180. The fourth-order valence-corrected chi connectivity index (χ4v) is 3.33. The summed E-state index contributed by atoms with van der Waals surface area (Å²) in [6.45, 7) is 2.25. The Bertz CT molecular complexity index is 672. The van der Waals surface area contributed by atoms with Crippen LogP contribution < -0.4 is 5.32 Å². The van der Waals surface area contributed by atoms with Crippen molar-refractivity contribution >= 4 is 11.9 Å². The largest absolute Gasteiger partial charge is 0.395 e. The number of likely N-dealkylation sites (tertiary alicyclic amines) is 1. The molecule has 7 nitrogen and oxygen atoms in total. The van der Waals surface area contributed by atoms with Gasteiger partial charge in [-0.3, -0.25) is 9.69 Å². The number of rotatable bonds is 4. The average molecular weight is 328 g/mol. The van der Waals surface area contributed by atoms with Crippen molar-refractivity contribution in [2.45, 2.75) is 24.9 Å². The monoisotopic (exact) mass is 328 g/mol. The first kappa shape index (κ1) is 16.4. The Morgan fingerprint density at radius 1 is 1.21 bits per heavy atom. The van der Waals surface area contributed by atoms with Gasteiger partial charge in [-0.2, -0.15) is 5.26 Å². The molecule has 24 heavy (non-hydrogen) atoms. The van der Waals surface area contributed by atoms with Crippen molar-refractivity contribution in [1.82, 2.24) is 15.1 Å². The maximum Gasteiger partial charge on any atom is 0.325 e. The molecule has 0 aliphatic carbocycles. The highest BCUT2D eigenvalue weighted by Gasteiger charge is 2.52. The van der Waals surface area contributed by atoms with Crippen LogP contribution in [0, 0.1) is 11.3 Å². The van der Waals surface area contributed by atoms with Gasteiger partial charge >= 0.3 is 6.03 Å². The molecular formula is C17H20N4O3. The number of nitriles is 1. The zero-order valence-corrected chi connectivity index (χ0v) is 13.4. The number of amides is 3. The molecule has 3 amide bonds. The molecule has 2 saturated heterocycles. The Kier molecular flexibility index (Phi) is 4.51. The highest BCUT2D eigenvalue weighted by molar-refractivity contribution is 6.07. The van der Waals surface area contributed by atoms with Gasteiger partial charge in [-0.15, -0.1) is 0 Å². The second kappa shape index (κ2) is 6.59. The molecule has 2 fully saturated rings. The first-order valence-corrected chi connectivity index (χ1v) is 8.04. The molecule has 1 aromatic carbocycles. The van der Waals surface area contributed by atoms with Gasteiger partial charge in [-0.25, -0.2) is 4.79 Å². The lowest BCUT2D eigenvalue weighted by molar-refractivity contribution is -0.133. The molecule has 0 saturated carbocycles. The number of urea groups is 1. The number of β-amino-alcohol motifs (C(OH)–C–C–N with tert-alkyl or cyclic N) is 1. The number of imide groups is 1. The first-order valence-electron chi connectivity index (χ1n) is 8.04. The molecule has 7 heteroatoms. The van der Waals surface area contributed by atoms with Gasteiger partial charge in [0.05, 0.1) is 24.8 Å². The average Bonchev–Trinajstić information content (AvgIpc) is 2.82. The number of hydrogen-bond acceptors (Lipinski definition) is 5. The summed E-state index contributed by atoms with van der Waals surface area (Å²) in [5.41, 5.74) is 0.547. The van der Waals surface area contributed by atoms with Crippen LogP contribution in [-0.4, -0.2) is 58.6 Å². The van der Waals surface area contributed by atoms with E-state index < -0.39 is 5.54 Å². The van der Waals surface area contributed by atoms with E-state index >= 15 is 0 Å². The molecule has 1 aromatic rings. The van der Waals surface area contributed by atoms with E-state index in [1.807, 2.05) is 6.07 Å². The molecule has 2 heterocycles. The summed E-state index contributed by atoms with van der Waals surface area (Å²) < 4.78 is 0. The summed E-state index contributed by atoms with van der Waals surface area (Å²) in [6.07, 6.45) is 1.11. The molecule has 0 atom stereocenters. The molecule has 2 aliphatic rings. The topological polar surface area (TPSA) is 96.7 Å². The van der Waals surface area contributed by atoms with E-state index in [4.69, 9.17) is 10.4 Å². The van der Waals surface area contributed by atoms with Crippen LogP contribution in [0.4, 0.5) is 4.79 Å². The molecule has 0 bridgehead atoms. The van der Waals surface area contributed by atoms with Crippen molar-refractivity contribution in [3.05, 3.63) is 35.4 Å². The summed E-state index contributed by atoms with van der Waals surface area (Å²) in [5, 5.41) is 20.7. The van der Waals surface area contributed by atoms with Crippen molar-refractivity contribution in [2.24, 2.45) is 0 Å². The minimum Gasteiger partial charge on any atom is -0.395 e. The summed E-state index contributed by atoms with van der Waals surface area (Å²) in [7, 11) is 0. The summed E-state index contributed by atoms with van der Waals surface area (Å²) >= 11 is 0. The predicted octanol–water partition coefficient (Wildman–Crippen LogP) is 0.437. The number of aliphatic hydroxyl groups is 1. The van der Waals surface area contributed by atoms with Crippen molar-refractivity contribution in [2.75, 3.05) is 26.2 Å². The van der Waals surface area contributed by atoms with Crippen LogP contribution in [-0.2, 0) is 11.3 Å². The lowest BCUT2D eigenvalue weighted by Crippen LogP contribution is -2.55. The normalized spacial score (nSPS) is 20.2. The fourth-order valence-electron chi connectivity index (χ4n) is 3.33. The fraction of sp³-hybridized carbons (Fsp3) is 0.471. The third kappa shape index (κ3) is 2.98. The zero-order valence-electron chi connectivity index (χ0n) is 13.4. The SMILES string of the molecule is N#Cc1ccc(CN2C(=O)NC3(CCN(CCO)CC3)C2=O)cc1. The lowest BCUT2D eigenvalue weighted by atomic mass is 9.87. The van der Waals surface area contributed by atoms with Gasteiger partial charge in [0, 0.05) is 19.6 Å². The third-order valence-electron chi connectivity index (χ3n) is 4.80. The number of benzene rings is 1. The molecule has 2 aliphatic heterocycles. The molecule has 3 rings (SSSR count). The number of hydrogen-bond donors (Lipinski definition) is 2. The van der Waals surface area contributed by atoms with E-state index in [0.717, 1.165) is 5.56 Å². The highest BCUT2D eigenvalue weighted by Crippen LogP contribution is 2.30. The van der Waals surface area contributed by atoms with Crippen LogP contribution in [0.2, 0.25) is 0 Å². The quantitative estimate of drug-likeness (QED) is 0.782. The Hall–Kier alpha value is -2.43. The molecule has 0 radical (unpaired) electrons. The molecule has 1 spiro atoms. The van der Waals surface area contributed by atoms with Crippen LogP contribution in [0.3, 0.4) is 0 Å². The number of aliphatic hydroxyl groups excluding tert-OH is 1. The standard InChI is InChI=1S/C17H20N4O3/c18-11-13-1-3-14(4-2-13)12-21-15(23)17(19-16(21)24)5-7-20(8-6-17)9-10-22/h1-4,22H,5-10,12H2,(H,19,24). The molecule has 0 aromatic heterocycles. The van der Waals surface area contributed by atoms with Gasteiger partial charge in [0.25, 0.3) is 5.91 Å². The van der Waals surface area contributed by atoms with Crippen molar-refractivity contribution in [1.29, 1.82) is 5.26 Å². The Morgan fingerprint density at radius 3 is 2.46 bits per heavy atom. The number of nitrogens with one attached hydrogen (secondary N) is 1. The lowest BCUT2D eigenvalue weighted by Gasteiger charge is -2.37. The number of carbonyl (C=O) groups is 2. The molecular weight excluding hydrogens is 308 g/mol. The minimum absolute atomic E-state index is 0.0954. The van der Waals surface area contributed by atoms with Crippen molar-refractivity contribution in [3.8, 4) is 6.07 Å². The van der Waals surface area contributed by atoms with Crippen LogP contribution >= 0.6 is 0 Å². The number of carbonyl (C=O) groups excluding carboxylic acids is 2. The van der Waals surface area contributed by atoms with Gasteiger partial charge < -0.3 is 15.3 Å². The van der Waals surface area contributed by atoms with Gasteiger partial charge in [0.1, 0.15) is 5.54 Å². The van der Waals surface area contributed by atoms with Gasteiger partial charge in [-0.1, -0.05) is 12.1 Å². The van der Waals surface area contributed by atoms with Gasteiger partial charge in [0.15, 0.2) is 0 Å². The summed E-state index contributed by atoms with van der Waals surface area (Å²) in [6, 6.07) is 8.55. The maximum atomic E-state index is 12.8. The molecule has 0 unspecified atom stereocenters. The first-order chi connectivity index (χ1) is 11.6. The number of piperidine rings is 1. The summed E-state index contributed by atoms with van der Waals surface area (Å²) in [4.78, 5) is 28.4. The van der Waals surface area contributed by atoms with E-state index in [9.17, 15) is 9.59 Å². The Balaban J connectivity index is 1.69. The predicted molar refractivity (Wildman–Crippen MR) is 85.7 cm³/mol. The van der Waals surface area contributed by atoms with E-state index in [0.29, 0.717) is 38.0 Å². The second-order valence-electron chi connectivity index (χ2n) is 6.28. The van der Waals surface area contributed by atoms with Crippen LogP contribution in [0.25, 0.3) is 0 Å². The van der Waals surface area contributed by atoms with Crippen molar-refractivity contribution < 1.29 is 14.7 Å². The second-order valence-corrected chi connectivity index (χ2v) is 6.28. The zero-order chi connectivity index (χ0) is 17.2. The Morgan fingerprint density at radius 2 is 1.88 bits per heavy atom. The Labute approximate surface area is 140 Å². The van der Waals surface area contributed by atoms with Gasteiger partial charge in [0.2, 0.25) is 0 Å². The number of nitrogens with zero attached hydrogens (tertiary/aromatic N) is 3. The third-order valence-corrected chi connectivity index (χ3v) is 4.80. The minimum atomic E-state index is -0.810. The van der Waals surface area contributed by atoms with Crippen molar-refractivity contribution in [3.63, 3.8) is 0 Å². The van der Waals surface area contributed by atoms with Gasteiger partial charge in [-0.05, 0) is 30.5 Å². The van der Waals surface area contributed by atoms with Crippen LogP contribution in [0.1, 0.15) is 24.0 Å². The van der Waals surface area contributed by atoms with Crippen LogP contribution in [0.15, 0.2) is 24.3 Å². The molecule has 126 valence electrons. The van der Waals surface area contributed by atoms with E-state index in [2.05, 4.69) is 10.2 Å².